The predicted molar refractivity (Wildman–Crippen MR) is 120 cm³/mol. The van der Waals surface area contributed by atoms with E-state index in [0.717, 1.165) is 39.3 Å². The van der Waals surface area contributed by atoms with Crippen molar-refractivity contribution in [2.75, 3.05) is 32.7 Å². The van der Waals surface area contributed by atoms with E-state index in [1.54, 1.807) is 0 Å². The lowest BCUT2D eigenvalue weighted by Crippen LogP contribution is -2.55. The van der Waals surface area contributed by atoms with Crippen LogP contribution in [0.4, 0.5) is 0 Å². The third kappa shape index (κ3) is 5.08. The minimum Gasteiger partial charge on any atom is -0.290 e. The monoisotopic (exact) mass is 419 g/mol. The highest BCUT2D eigenvalue weighted by Gasteiger charge is 2.31. The highest BCUT2D eigenvalue weighted by atomic mass is 35.5. The predicted octanol–water partition coefficient (Wildman–Crippen LogP) is 5.54. The molecule has 5 heteroatoms. The van der Waals surface area contributed by atoms with Gasteiger partial charge >= 0.3 is 0 Å². The first-order valence-electron chi connectivity index (χ1n) is 10.2. The van der Waals surface area contributed by atoms with Gasteiger partial charge in [-0.25, -0.2) is 0 Å². The van der Waals surface area contributed by atoms with E-state index in [1.807, 2.05) is 12.1 Å². The molecule has 2 unspecified atom stereocenters. The summed E-state index contributed by atoms with van der Waals surface area (Å²) in [5.41, 5.74) is 2.58. The number of nitrogens with zero attached hydrogens (tertiary/aromatic N) is 3. The summed E-state index contributed by atoms with van der Waals surface area (Å²) in [4.78, 5) is 7.72. The van der Waals surface area contributed by atoms with E-state index in [2.05, 4.69) is 71.9 Å². The second-order valence-corrected chi connectivity index (χ2v) is 8.31. The van der Waals surface area contributed by atoms with E-state index in [0.29, 0.717) is 22.3 Å². The van der Waals surface area contributed by atoms with Gasteiger partial charge in [-0.2, -0.15) is 0 Å². The second-order valence-electron chi connectivity index (χ2n) is 7.49. The molecule has 1 aliphatic rings. The van der Waals surface area contributed by atoms with Gasteiger partial charge in [0.2, 0.25) is 0 Å². The minimum absolute atomic E-state index is 0.363. The zero-order valence-electron chi connectivity index (χ0n) is 17.1. The molecule has 3 nitrogen and oxygen atoms in total. The van der Waals surface area contributed by atoms with E-state index in [9.17, 15) is 0 Å². The van der Waals surface area contributed by atoms with Gasteiger partial charge in [0, 0.05) is 32.2 Å². The topological polar surface area (TPSA) is 9.72 Å². The minimum atomic E-state index is 0.363. The Kier molecular flexibility index (Phi) is 7.78. The van der Waals surface area contributed by atoms with E-state index >= 15 is 0 Å². The zero-order valence-corrected chi connectivity index (χ0v) is 18.6. The van der Waals surface area contributed by atoms with E-state index in [-0.39, 0.29) is 0 Å². The molecule has 1 heterocycles. The average Bonchev–Trinajstić information content (AvgIpc) is 2.72. The summed E-state index contributed by atoms with van der Waals surface area (Å²) in [6, 6.07) is 17.2. The molecule has 28 heavy (non-hydrogen) atoms. The number of piperazine rings is 1. The molecule has 1 fully saturated rings. The Morgan fingerprint density at radius 2 is 1.71 bits per heavy atom. The number of benzene rings is 2. The normalized spacial score (nSPS) is 19.9. The Hall–Kier alpha value is -1.10. The molecule has 0 amide bonds. The van der Waals surface area contributed by atoms with Crippen LogP contribution >= 0.6 is 23.2 Å². The summed E-state index contributed by atoms with van der Waals surface area (Å²) >= 11 is 12.4. The molecule has 0 aromatic heterocycles. The number of halogens is 2. The largest absolute Gasteiger partial charge is 0.290 e. The van der Waals surface area contributed by atoms with Crippen LogP contribution in [0.3, 0.4) is 0 Å². The van der Waals surface area contributed by atoms with Crippen molar-refractivity contribution in [1.82, 2.24) is 14.7 Å². The fraction of sp³-hybridized carbons (Fsp3) is 0.478. The van der Waals surface area contributed by atoms with Crippen molar-refractivity contribution in [2.45, 2.75) is 39.5 Å². The van der Waals surface area contributed by atoms with Crippen molar-refractivity contribution in [3.8, 4) is 0 Å². The molecule has 0 radical (unpaired) electrons. The van der Waals surface area contributed by atoms with Crippen LogP contribution in [-0.2, 0) is 6.54 Å². The molecule has 0 N–H and O–H groups in total. The summed E-state index contributed by atoms with van der Waals surface area (Å²) in [6.45, 7) is 13.0. The first kappa shape index (κ1) is 21.6. The Morgan fingerprint density at radius 1 is 1.00 bits per heavy atom. The highest BCUT2D eigenvalue weighted by molar-refractivity contribution is 6.42. The third-order valence-corrected chi connectivity index (χ3v) is 6.68. The van der Waals surface area contributed by atoms with Gasteiger partial charge in [-0.05, 0) is 43.3 Å². The molecule has 2 atom stereocenters. The lowest BCUT2D eigenvalue weighted by atomic mass is 10.0. The van der Waals surface area contributed by atoms with Crippen LogP contribution in [0.1, 0.15) is 37.9 Å². The van der Waals surface area contributed by atoms with Crippen molar-refractivity contribution < 1.29 is 0 Å². The summed E-state index contributed by atoms with van der Waals surface area (Å²) in [7, 11) is 0. The second kappa shape index (κ2) is 10.1. The quantitative estimate of drug-likeness (QED) is 0.582. The molecular formula is C23H31Cl2N3. The molecule has 1 saturated heterocycles. The number of hydrogen-bond acceptors (Lipinski definition) is 3. The van der Waals surface area contributed by atoms with E-state index in [1.165, 1.54) is 11.1 Å². The van der Waals surface area contributed by atoms with Gasteiger partial charge in [0.25, 0.3) is 0 Å². The first-order chi connectivity index (χ1) is 13.5. The van der Waals surface area contributed by atoms with Crippen LogP contribution in [0, 0.1) is 0 Å². The van der Waals surface area contributed by atoms with Crippen molar-refractivity contribution in [1.29, 1.82) is 0 Å². The summed E-state index contributed by atoms with van der Waals surface area (Å²) in [5.74, 6) is 0. The summed E-state index contributed by atoms with van der Waals surface area (Å²) in [6.07, 6.45) is 0.452. The molecule has 3 rings (SSSR count). The SMILES string of the molecule is CCN(CC)C(C)N1CCN(Cc2ccc(Cl)c(Cl)c2)C(c2ccccc2)C1. The van der Waals surface area contributed by atoms with Crippen LogP contribution in [0.15, 0.2) is 48.5 Å². The van der Waals surface area contributed by atoms with Crippen LogP contribution in [-0.4, -0.2) is 53.6 Å². The lowest BCUT2D eigenvalue weighted by molar-refractivity contribution is -0.00857. The van der Waals surface area contributed by atoms with Crippen molar-refractivity contribution in [2.24, 2.45) is 0 Å². The van der Waals surface area contributed by atoms with Crippen LogP contribution in [0.5, 0.6) is 0 Å². The van der Waals surface area contributed by atoms with Crippen molar-refractivity contribution >= 4 is 23.2 Å². The Labute approximate surface area is 179 Å². The Bertz CT molecular complexity index is 749. The average molecular weight is 420 g/mol. The maximum Gasteiger partial charge on any atom is 0.0595 e. The smallest absolute Gasteiger partial charge is 0.0595 e. The molecule has 0 bridgehead atoms. The molecule has 0 spiro atoms. The fourth-order valence-electron chi connectivity index (χ4n) is 4.22. The molecule has 152 valence electrons. The van der Waals surface area contributed by atoms with Crippen LogP contribution < -0.4 is 0 Å². The lowest BCUT2D eigenvalue weighted by Gasteiger charge is -2.46. The maximum atomic E-state index is 6.25. The van der Waals surface area contributed by atoms with Gasteiger partial charge < -0.3 is 0 Å². The Balaban J connectivity index is 1.81. The molecular weight excluding hydrogens is 389 g/mol. The number of rotatable bonds is 7. The first-order valence-corrected chi connectivity index (χ1v) is 11.0. The molecule has 1 aliphatic heterocycles. The van der Waals surface area contributed by atoms with Gasteiger partial charge in [0.05, 0.1) is 16.2 Å². The van der Waals surface area contributed by atoms with E-state index in [4.69, 9.17) is 23.2 Å². The van der Waals surface area contributed by atoms with Crippen molar-refractivity contribution in [3.63, 3.8) is 0 Å². The molecule has 0 aliphatic carbocycles. The summed E-state index contributed by atoms with van der Waals surface area (Å²) in [5, 5.41) is 1.24. The van der Waals surface area contributed by atoms with Crippen LogP contribution in [0.25, 0.3) is 0 Å². The van der Waals surface area contributed by atoms with Gasteiger partial charge in [0.15, 0.2) is 0 Å². The highest BCUT2D eigenvalue weighted by Crippen LogP contribution is 2.30. The van der Waals surface area contributed by atoms with Crippen LogP contribution in [0.2, 0.25) is 10.0 Å². The molecule has 2 aromatic rings. The third-order valence-electron chi connectivity index (χ3n) is 5.95. The fourth-order valence-corrected chi connectivity index (χ4v) is 4.54. The zero-order chi connectivity index (χ0) is 20.1. The number of hydrogen-bond donors (Lipinski definition) is 0. The van der Waals surface area contributed by atoms with Gasteiger partial charge in [-0.3, -0.25) is 14.7 Å². The maximum absolute atomic E-state index is 6.25. The Morgan fingerprint density at radius 3 is 2.36 bits per heavy atom. The van der Waals surface area contributed by atoms with Gasteiger partial charge in [-0.15, -0.1) is 0 Å². The summed E-state index contributed by atoms with van der Waals surface area (Å²) < 4.78 is 0. The van der Waals surface area contributed by atoms with E-state index < -0.39 is 0 Å². The van der Waals surface area contributed by atoms with Crippen molar-refractivity contribution in [3.05, 3.63) is 69.7 Å². The molecule has 0 saturated carbocycles. The molecule has 2 aromatic carbocycles. The standard InChI is InChI=1S/C23H31Cl2N3/c1-4-26(5-2)18(3)27-13-14-28(16-19-11-12-21(24)22(25)15-19)23(17-27)20-9-7-6-8-10-20/h6-12,15,18,23H,4-5,13-14,16-17H2,1-3H3. The van der Waals surface area contributed by atoms with Gasteiger partial charge in [0.1, 0.15) is 0 Å². The van der Waals surface area contributed by atoms with Gasteiger partial charge in [-0.1, -0.05) is 73.4 Å².